The smallest absolute Gasteiger partial charge is 0.322 e. The standard InChI is InChI=1S/C27H37N7O5S/c1-6-34-26(19(3)31-40(36,37)25-17-21(28-20(4)35)11-12-24(25)38-7-2)29-30-27(34)39-23-10-8-9-22(18-23)33-15-13-32(5)14-16-33/h8-12,17-19,31H,6-7,13-16H2,1-5H3,(H,28,35)/t19-/m1/s1. The molecule has 0 spiro atoms. The van der Waals surface area contributed by atoms with E-state index in [2.05, 4.69) is 43.2 Å². The molecule has 0 aliphatic carbocycles. The Bertz CT molecular complexity index is 1430. The Morgan fingerprint density at radius 2 is 1.82 bits per heavy atom. The lowest BCUT2D eigenvalue weighted by molar-refractivity contribution is -0.114. The summed E-state index contributed by atoms with van der Waals surface area (Å²) in [7, 11) is -1.95. The Kier molecular flexibility index (Phi) is 9.28. The molecule has 0 radical (unpaired) electrons. The van der Waals surface area contributed by atoms with Crippen molar-refractivity contribution < 1.29 is 22.7 Å². The Labute approximate surface area is 235 Å². The number of nitrogens with zero attached hydrogens (tertiary/aromatic N) is 5. The first kappa shape index (κ1) is 29.3. The molecule has 2 heterocycles. The minimum Gasteiger partial charge on any atom is -0.492 e. The molecule has 0 saturated carbocycles. The second-order valence-corrected chi connectivity index (χ2v) is 11.3. The van der Waals surface area contributed by atoms with Crippen molar-refractivity contribution in [2.75, 3.05) is 50.1 Å². The predicted molar refractivity (Wildman–Crippen MR) is 153 cm³/mol. The van der Waals surface area contributed by atoms with Crippen molar-refractivity contribution in [3.63, 3.8) is 0 Å². The molecule has 0 unspecified atom stereocenters. The molecule has 1 aliphatic heterocycles. The van der Waals surface area contributed by atoms with Crippen LogP contribution in [0, 0.1) is 0 Å². The molecule has 1 aliphatic rings. The van der Waals surface area contributed by atoms with Crippen molar-refractivity contribution in [2.24, 2.45) is 0 Å². The summed E-state index contributed by atoms with van der Waals surface area (Å²) in [4.78, 5) is 16.0. The Morgan fingerprint density at radius 3 is 2.50 bits per heavy atom. The van der Waals surface area contributed by atoms with Crippen LogP contribution in [-0.4, -0.2) is 73.8 Å². The van der Waals surface area contributed by atoms with Crippen molar-refractivity contribution in [1.29, 1.82) is 0 Å². The molecule has 1 aromatic heterocycles. The zero-order valence-corrected chi connectivity index (χ0v) is 24.4. The molecule has 13 heteroatoms. The quantitative estimate of drug-likeness (QED) is 0.356. The van der Waals surface area contributed by atoms with E-state index in [0.29, 0.717) is 23.8 Å². The van der Waals surface area contributed by atoms with Crippen molar-refractivity contribution in [1.82, 2.24) is 24.4 Å². The van der Waals surface area contributed by atoms with Crippen molar-refractivity contribution in [2.45, 2.75) is 45.2 Å². The summed E-state index contributed by atoms with van der Waals surface area (Å²) in [5.74, 6) is 0.880. The van der Waals surface area contributed by atoms with Crippen LogP contribution in [0.1, 0.15) is 39.6 Å². The second-order valence-electron chi connectivity index (χ2n) is 9.59. The van der Waals surface area contributed by atoms with Gasteiger partial charge >= 0.3 is 6.01 Å². The van der Waals surface area contributed by atoms with E-state index in [1.54, 1.807) is 24.5 Å². The van der Waals surface area contributed by atoms with Crippen molar-refractivity contribution in [3.8, 4) is 17.5 Å². The summed E-state index contributed by atoms with van der Waals surface area (Å²) < 4.78 is 43.0. The number of aromatic nitrogens is 3. The molecular formula is C27H37N7O5S. The van der Waals surface area contributed by atoms with E-state index >= 15 is 0 Å². The summed E-state index contributed by atoms with van der Waals surface area (Å²) in [6, 6.07) is 11.8. The van der Waals surface area contributed by atoms with Gasteiger partial charge in [-0.15, -0.1) is 5.10 Å². The zero-order chi connectivity index (χ0) is 28.9. The first-order chi connectivity index (χ1) is 19.1. The van der Waals surface area contributed by atoms with Gasteiger partial charge in [-0.1, -0.05) is 11.2 Å². The molecule has 40 heavy (non-hydrogen) atoms. The molecule has 12 nitrogen and oxygen atoms in total. The number of rotatable bonds is 11. The number of likely N-dealkylation sites (N-methyl/N-ethyl adjacent to an activating group) is 1. The van der Waals surface area contributed by atoms with Gasteiger partial charge in [0.1, 0.15) is 16.4 Å². The van der Waals surface area contributed by atoms with Gasteiger partial charge in [0, 0.05) is 57.1 Å². The topological polar surface area (TPSA) is 131 Å². The van der Waals surface area contributed by atoms with Crippen LogP contribution >= 0.6 is 0 Å². The highest BCUT2D eigenvalue weighted by Crippen LogP contribution is 2.30. The number of sulfonamides is 1. The number of carbonyl (C=O) groups is 1. The summed E-state index contributed by atoms with van der Waals surface area (Å²) >= 11 is 0. The summed E-state index contributed by atoms with van der Waals surface area (Å²) in [5, 5.41) is 11.1. The lowest BCUT2D eigenvalue weighted by Crippen LogP contribution is -2.44. The first-order valence-electron chi connectivity index (χ1n) is 13.3. The molecule has 1 atom stereocenters. The second kappa shape index (κ2) is 12.7. The van der Waals surface area contributed by atoms with E-state index in [1.807, 2.05) is 25.1 Å². The van der Waals surface area contributed by atoms with E-state index in [4.69, 9.17) is 9.47 Å². The molecule has 1 saturated heterocycles. The van der Waals surface area contributed by atoms with Crippen LogP contribution in [0.4, 0.5) is 11.4 Å². The van der Waals surface area contributed by atoms with Crippen molar-refractivity contribution >= 4 is 27.3 Å². The average Bonchev–Trinajstić information content (AvgIpc) is 3.32. The lowest BCUT2D eigenvalue weighted by atomic mass is 10.2. The highest BCUT2D eigenvalue weighted by Gasteiger charge is 2.27. The number of hydrogen-bond donors (Lipinski definition) is 2. The highest BCUT2D eigenvalue weighted by molar-refractivity contribution is 7.89. The third-order valence-electron chi connectivity index (χ3n) is 6.53. The number of anilines is 2. The molecule has 4 rings (SSSR count). The number of piperazine rings is 1. The average molecular weight is 572 g/mol. The maximum Gasteiger partial charge on any atom is 0.322 e. The fraction of sp³-hybridized carbons (Fsp3) is 0.444. The van der Waals surface area contributed by atoms with Crippen LogP contribution in [0.2, 0.25) is 0 Å². The Balaban J connectivity index is 1.54. The SMILES string of the molecule is CCOc1ccc(NC(C)=O)cc1S(=O)(=O)N[C@H](C)c1nnc(Oc2cccc(N3CCN(C)CC3)c2)n1CC. The Hall–Kier alpha value is -3.68. The lowest BCUT2D eigenvalue weighted by Gasteiger charge is -2.34. The summed E-state index contributed by atoms with van der Waals surface area (Å²) in [6.45, 7) is 11.3. The van der Waals surface area contributed by atoms with E-state index in [1.165, 1.54) is 19.1 Å². The monoisotopic (exact) mass is 571 g/mol. The molecule has 2 N–H and O–H groups in total. The van der Waals surface area contributed by atoms with E-state index in [0.717, 1.165) is 31.9 Å². The minimum atomic E-state index is -4.07. The highest BCUT2D eigenvalue weighted by atomic mass is 32.2. The third-order valence-corrected chi connectivity index (χ3v) is 8.09. The predicted octanol–water partition coefficient (Wildman–Crippen LogP) is 3.24. The van der Waals surface area contributed by atoms with Gasteiger partial charge in [-0.2, -0.15) is 0 Å². The normalized spacial score (nSPS) is 15.1. The van der Waals surface area contributed by atoms with Gasteiger partial charge < -0.3 is 24.6 Å². The number of nitrogens with one attached hydrogen (secondary N) is 2. The van der Waals surface area contributed by atoms with Crippen LogP contribution in [0.3, 0.4) is 0 Å². The molecule has 0 bridgehead atoms. The molecule has 1 fully saturated rings. The maximum absolute atomic E-state index is 13.5. The fourth-order valence-electron chi connectivity index (χ4n) is 4.53. The van der Waals surface area contributed by atoms with Gasteiger partial charge in [0.25, 0.3) is 0 Å². The van der Waals surface area contributed by atoms with Crippen LogP contribution in [0.5, 0.6) is 17.5 Å². The molecule has 216 valence electrons. The minimum absolute atomic E-state index is 0.0905. The zero-order valence-electron chi connectivity index (χ0n) is 23.5. The van der Waals surface area contributed by atoms with Crippen molar-refractivity contribution in [3.05, 3.63) is 48.3 Å². The molecule has 1 amide bonds. The number of ether oxygens (including phenoxy) is 2. The van der Waals surface area contributed by atoms with E-state index < -0.39 is 16.1 Å². The summed E-state index contributed by atoms with van der Waals surface area (Å²) in [5.41, 5.74) is 1.41. The number of hydrogen-bond acceptors (Lipinski definition) is 9. The van der Waals surface area contributed by atoms with Crippen LogP contribution in [0.25, 0.3) is 0 Å². The maximum atomic E-state index is 13.5. The number of amides is 1. The third kappa shape index (κ3) is 6.90. The van der Waals surface area contributed by atoms with Gasteiger partial charge in [0.05, 0.1) is 12.6 Å². The number of carbonyl (C=O) groups excluding carboxylic acids is 1. The summed E-state index contributed by atoms with van der Waals surface area (Å²) in [6.07, 6.45) is 0. The van der Waals surface area contributed by atoms with Crippen LogP contribution in [0.15, 0.2) is 47.4 Å². The van der Waals surface area contributed by atoms with E-state index in [9.17, 15) is 13.2 Å². The van der Waals surface area contributed by atoms with Gasteiger partial charge in [-0.25, -0.2) is 13.1 Å². The van der Waals surface area contributed by atoms with Gasteiger partial charge in [0.2, 0.25) is 15.9 Å². The largest absolute Gasteiger partial charge is 0.492 e. The van der Waals surface area contributed by atoms with Crippen LogP contribution in [-0.2, 0) is 21.4 Å². The fourth-order valence-corrected chi connectivity index (χ4v) is 5.90. The first-order valence-corrected chi connectivity index (χ1v) is 14.8. The molecular weight excluding hydrogens is 534 g/mol. The molecule has 2 aromatic carbocycles. The van der Waals surface area contributed by atoms with Gasteiger partial charge in [-0.05, 0) is 58.2 Å². The van der Waals surface area contributed by atoms with Gasteiger partial charge in [0.15, 0.2) is 5.82 Å². The molecule has 3 aromatic rings. The van der Waals surface area contributed by atoms with Gasteiger partial charge in [-0.3, -0.25) is 9.36 Å². The van der Waals surface area contributed by atoms with Crippen LogP contribution < -0.4 is 24.4 Å². The van der Waals surface area contributed by atoms with E-state index in [-0.39, 0.29) is 29.2 Å². The number of benzene rings is 2. The Morgan fingerprint density at radius 1 is 1.07 bits per heavy atom.